The van der Waals surface area contributed by atoms with Crippen LogP contribution >= 0.6 is 0 Å². The topological polar surface area (TPSA) is 86.1 Å². The van der Waals surface area contributed by atoms with Crippen LogP contribution in [0.2, 0.25) is 0 Å². The first-order chi connectivity index (χ1) is 14.3. The molecule has 0 aliphatic carbocycles. The molecule has 1 aliphatic rings. The van der Waals surface area contributed by atoms with E-state index < -0.39 is 42.8 Å². The van der Waals surface area contributed by atoms with Crippen molar-refractivity contribution in [1.82, 2.24) is 15.2 Å². The number of hydrogen-bond acceptors (Lipinski definition) is 4. The molecule has 6 nitrogen and oxygen atoms in total. The lowest BCUT2D eigenvalue weighted by atomic mass is 9.94. The quantitative estimate of drug-likeness (QED) is 0.791. The number of rotatable bonds is 6. The van der Waals surface area contributed by atoms with E-state index >= 15 is 0 Å². The summed E-state index contributed by atoms with van der Waals surface area (Å²) in [5.41, 5.74) is 0.480. The summed E-state index contributed by atoms with van der Waals surface area (Å²) in [4.78, 5) is 30.2. The number of benzene rings is 1. The monoisotopic (exact) mass is 412 g/mol. The standard InChI is InChI=1S/C22H22F2N4O2/c1-2-21(14-25)13-22(23,24)15-28(21)19(29)12-27-20(30)18-8-9-26-11-17(18)10-16-6-4-3-5-7-16/h3-9,11H,2,10,12-13,15H2,1H3,(H,27,30). The summed E-state index contributed by atoms with van der Waals surface area (Å²) in [5, 5.41) is 11.9. The maximum atomic E-state index is 13.9. The second kappa shape index (κ2) is 8.57. The number of likely N-dealkylation sites (tertiary alicyclic amines) is 1. The van der Waals surface area contributed by atoms with Gasteiger partial charge in [0, 0.05) is 24.4 Å². The fraction of sp³-hybridized carbons (Fsp3) is 0.364. The van der Waals surface area contributed by atoms with Crippen LogP contribution in [0.5, 0.6) is 0 Å². The van der Waals surface area contributed by atoms with Gasteiger partial charge in [-0.3, -0.25) is 14.6 Å². The predicted octanol–water partition coefficient (Wildman–Crippen LogP) is 2.94. The lowest BCUT2D eigenvalue weighted by Crippen LogP contribution is -2.49. The van der Waals surface area contributed by atoms with Crippen LogP contribution in [-0.2, 0) is 11.2 Å². The molecule has 2 aromatic rings. The van der Waals surface area contributed by atoms with Crippen molar-refractivity contribution in [1.29, 1.82) is 5.26 Å². The van der Waals surface area contributed by atoms with Crippen LogP contribution in [0.4, 0.5) is 8.78 Å². The van der Waals surface area contributed by atoms with E-state index in [0.717, 1.165) is 10.5 Å². The van der Waals surface area contributed by atoms with Crippen LogP contribution in [0.25, 0.3) is 0 Å². The molecule has 156 valence electrons. The number of pyridine rings is 1. The lowest BCUT2D eigenvalue weighted by Gasteiger charge is -2.30. The Morgan fingerprint density at radius 2 is 2.00 bits per heavy atom. The van der Waals surface area contributed by atoms with E-state index in [4.69, 9.17) is 0 Å². The minimum Gasteiger partial charge on any atom is -0.343 e. The maximum absolute atomic E-state index is 13.9. The molecule has 1 saturated heterocycles. The van der Waals surface area contributed by atoms with Crippen LogP contribution in [0, 0.1) is 11.3 Å². The van der Waals surface area contributed by atoms with Gasteiger partial charge < -0.3 is 10.2 Å². The minimum absolute atomic E-state index is 0.0877. The SMILES string of the molecule is CCC1(C#N)CC(F)(F)CN1C(=O)CNC(=O)c1ccncc1Cc1ccccc1. The van der Waals surface area contributed by atoms with Gasteiger partial charge in [0.25, 0.3) is 11.8 Å². The average molecular weight is 412 g/mol. The molecule has 2 amide bonds. The Bertz CT molecular complexity index is 975. The normalized spacial score (nSPS) is 19.9. The molecule has 0 radical (unpaired) electrons. The molecule has 0 spiro atoms. The highest BCUT2D eigenvalue weighted by Gasteiger charge is 2.56. The lowest BCUT2D eigenvalue weighted by molar-refractivity contribution is -0.133. The molecular weight excluding hydrogens is 390 g/mol. The molecule has 1 aromatic carbocycles. The zero-order valence-electron chi connectivity index (χ0n) is 16.6. The van der Waals surface area contributed by atoms with Gasteiger partial charge in [0.15, 0.2) is 0 Å². The molecule has 0 bridgehead atoms. The summed E-state index contributed by atoms with van der Waals surface area (Å²) in [5.74, 6) is -4.33. The molecule has 1 atom stereocenters. The molecule has 0 saturated carbocycles. The molecule has 1 fully saturated rings. The first-order valence-electron chi connectivity index (χ1n) is 9.65. The van der Waals surface area contributed by atoms with Crippen molar-refractivity contribution in [2.24, 2.45) is 0 Å². The first-order valence-corrected chi connectivity index (χ1v) is 9.65. The van der Waals surface area contributed by atoms with Gasteiger partial charge in [-0.2, -0.15) is 5.26 Å². The van der Waals surface area contributed by atoms with Crippen LogP contribution in [0.3, 0.4) is 0 Å². The minimum atomic E-state index is -3.13. The number of carbonyl (C=O) groups is 2. The van der Waals surface area contributed by atoms with Crippen LogP contribution in [0.15, 0.2) is 48.8 Å². The number of hydrogen-bond donors (Lipinski definition) is 1. The van der Waals surface area contributed by atoms with E-state index in [-0.39, 0.29) is 6.42 Å². The number of alkyl halides is 2. The van der Waals surface area contributed by atoms with Crippen molar-refractivity contribution < 1.29 is 18.4 Å². The Kier molecular flexibility index (Phi) is 6.11. The molecular formula is C22H22F2N4O2. The van der Waals surface area contributed by atoms with Crippen LogP contribution < -0.4 is 5.32 Å². The van der Waals surface area contributed by atoms with Crippen molar-refractivity contribution in [3.8, 4) is 6.07 Å². The van der Waals surface area contributed by atoms with E-state index in [9.17, 15) is 23.6 Å². The number of aromatic nitrogens is 1. The number of amides is 2. The Morgan fingerprint density at radius 3 is 2.67 bits per heavy atom. The summed E-state index contributed by atoms with van der Waals surface area (Å²) in [7, 11) is 0. The highest BCUT2D eigenvalue weighted by Crippen LogP contribution is 2.41. The third kappa shape index (κ3) is 4.46. The first kappa shape index (κ1) is 21.4. The van der Waals surface area contributed by atoms with Gasteiger partial charge in [-0.25, -0.2) is 8.78 Å². The highest BCUT2D eigenvalue weighted by molar-refractivity contribution is 5.97. The molecule has 30 heavy (non-hydrogen) atoms. The molecule has 1 aliphatic heterocycles. The van der Waals surface area contributed by atoms with Gasteiger partial charge in [-0.15, -0.1) is 0 Å². The van der Waals surface area contributed by atoms with E-state index in [1.54, 1.807) is 19.2 Å². The van der Waals surface area contributed by atoms with E-state index in [2.05, 4.69) is 10.3 Å². The number of nitrogens with one attached hydrogen (secondary N) is 1. The third-order valence-electron chi connectivity index (χ3n) is 5.34. The Hall–Kier alpha value is -3.34. The summed E-state index contributed by atoms with van der Waals surface area (Å²) in [6.45, 7) is 0.305. The Balaban J connectivity index is 1.70. The molecule has 2 heterocycles. The van der Waals surface area contributed by atoms with Crippen LogP contribution in [0.1, 0.15) is 41.3 Å². The van der Waals surface area contributed by atoms with Crippen molar-refractivity contribution in [3.63, 3.8) is 0 Å². The van der Waals surface area contributed by atoms with E-state index in [0.29, 0.717) is 17.5 Å². The molecule has 8 heteroatoms. The van der Waals surface area contributed by atoms with Gasteiger partial charge in [-0.05, 0) is 30.0 Å². The van der Waals surface area contributed by atoms with Crippen molar-refractivity contribution in [2.75, 3.05) is 13.1 Å². The third-order valence-corrected chi connectivity index (χ3v) is 5.34. The van der Waals surface area contributed by atoms with Gasteiger partial charge >= 0.3 is 0 Å². The molecule has 3 rings (SSSR count). The van der Waals surface area contributed by atoms with Gasteiger partial charge in [-0.1, -0.05) is 37.3 Å². The summed E-state index contributed by atoms with van der Waals surface area (Å²) in [6, 6.07) is 13.0. The van der Waals surface area contributed by atoms with E-state index in [1.165, 1.54) is 6.20 Å². The van der Waals surface area contributed by atoms with Gasteiger partial charge in [0.05, 0.1) is 19.2 Å². The maximum Gasteiger partial charge on any atom is 0.268 e. The Morgan fingerprint density at radius 1 is 1.27 bits per heavy atom. The largest absolute Gasteiger partial charge is 0.343 e. The highest BCUT2D eigenvalue weighted by atomic mass is 19.3. The molecule has 1 unspecified atom stereocenters. The smallest absolute Gasteiger partial charge is 0.268 e. The fourth-order valence-electron chi connectivity index (χ4n) is 3.74. The molecule has 1 aromatic heterocycles. The average Bonchev–Trinajstić information content (AvgIpc) is 3.04. The predicted molar refractivity (Wildman–Crippen MR) is 106 cm³/mol. The fourth-order valence-corrected chi connectivity index (χ4v) is 3.74. The second-order valence-corrected chi connectivity index (χ2v) is 7.39. The van der Waals surface area contributed by atoms with Crippen LogP contribution in [-0.4, -0.2) is 46.2 Å². The summed E-state index contributed by atoms with van der Waals surface area (Å²) >= 11 is 0. The van der Waals surface area contributed by atoms with Gasteiger partial charge in [0.1, 0.15) is 5.54 Å². The van der Waals surface area contributed by atoms with E-state index in [1.807, 2.05) is 36.4 Å². The number of nitriles is 1. The summed E-state index contributed by atoms with van der Waals surface area (Å²) in [6.07, 6.45) is 2.94. The number of carbonyl (C=O) groups excluding carboxylic acids is 2. The van der Waals surface area contributed by atoms with Crippen molar-refractivity contribution >= 4 is 11.8 Å². The number of nitrogens with zero attached hydrogens (tertiary/aromatic N) is 3. The van der Waals surface area contributed by atoms with Crippen molar-refractivity contribution in [2.45, 2.75) is 37.6 Å². The van der Waals surface area contributed by atoms with Crippen molar-refractivity contribution in [3.05, 3.63) is 65.5 Å². The van der Waals surface area contributed by atoms with Gasteiger partial charge in [0.2, 0.25) is 5.91 Å². The molecule has 1 N–H and O–H groups in total. The Labute approximate surface area is 173 Å². The zero-order chi connectivity index (χ0) is 21.8. The second-order valence-electron chi connectivity index (χ2n) is 7.39. The zero-order valence-corrected chi connectivity index (χ0v) is 16.6. The summed E-state index contributed by atoms with van der Waals surface area (Å²) < 4.78 is 27.8. The number of halogens is 2.